The van der Waals surface area contributed by atoms with Gasteiger partial charge in [-0.05, 0) is 45.4 Å². The van der Waals surface area contributed by atoms with Crippen molar-refractivity contribution in [3.63, 3.8) is 0 Å². The molecule has 1 aliphatic heterocycles. The fourth-order valence-electron chi connectivity index (χ4n) is 4.02. The van der Waals surface area contributed by atoms with Gasteiger partial charge in [-0.3, -0.25) is 19.3 Å². The molecule has 1 aliphatic rings. The van der Waals surface area contributed by atoms with Gasteiger partial charge in [-0.15, -0.1) is 0 Å². The maximum atomic E-state index is 13.9. The van der Waals surface area contributed by atoms with Crippen LogP contribution in [0.1, 0.15) is 49.1 Å². The first kappa shape index (κ1) is 26.6. The third-order valence-electron chi connectivity index (χ3n) is 6.10. The smallest absolute Gasteiger partial charge is 0.277 e. The first-order valence-electron chi connectivity index (χ1n) is 11.7. The Morgan fingerprint density at radius 3 is 2.65 bits per heavy atom. The first-order valence-corrected chi connectivity index (χ1v) is 12.1. The van der Waals surface area contributed by atoms with E-state index in [2.05, 4.69) is 15.0 Å². The number of aliphatic imine (C=N–C) groups is 1. The minimum Gasteiger partial charge on any atom is -0.485 e. The number of hydrogen-bond acceptors (Lipinski definition) is 6. The molecule has 194 valence electrons. The van der Waals surface area contributed by atoms with E-state index in [9.17, 15) is 18.7 Å². The number of nitrogens with zero attached hydrogens (tertiary/aromatic N) is 4. The monoisotopic (exact) mass is 528 g/mol. The summed E-state index contributed by atoms with van der Waals surface area (Å²) in [6.07, 6.45) is 2.69. The van der Waals surface area contributed by atoms with Crippen molar-refractivity contribution in [2.45, 2.75) is 46.8 Å². The molecule has 10 heteroatoms. The predicted octanol–water partition coefficient (Wildman–Crippen LogP) is 4.97. The SMILES string of the molecule is Cc1ccc(C(C)(C)O)nc1C1=NC[C@@H](C)C(n2c(C)cc(OCc3ncc(F)cc3F)c(Cl)c2=O)=C1. The summed E-state index contributed by atoms with van der Waals surface area (Å²) in [5.41, 5.74) is 2.10. The fourth-order valence-corrected chi connectivity index (χ4v) is 4.21. The third-order valence-corrected chi connectivity index (χ3v) is 6.45. The summed E-state index contributed by atoms with van der Waals surface area (Å²) in [5, 5.41) is 10.2. The number of aromatic nitrogens is 3. The van der Waals surface area contributed by atoms with E-state index in [-0.39, 0.29) is 29.0 Å². The highest BCUT2D eigenvalue weighted by molar-refractivity contribution is 6.31. The molecule has 0 aromatic carbocycles. The summed E-state index contributed by atoms with van der Waals surface area (Å²) in [7, 11) is 0. The summed E-state index contributed by atoms with van der Waals surface area (Å²) >= 11 is 6.39. The highest BCUT2D eigenvalue weighted by Gasteiger charge is 2.25. The van der Waals surface area contributed by atoms with Gasteiger partial charge in [-0.1, -0.05) is 24.6 Å². The number of allylic oxidation sites excluding steroid dienone is 1. The van der Waals surface area contributed by atoms with Crippen LogP contribution in [0.2, 0.25) is 5.02 Å². The third kappa shape index (κ3) is 5.47. The minimum absolute atomic E-state index is 0.0688. The molecule has 3 aromatic heterocycles. The Hall–Kier alpha value is -3.43. The van der Waals surface area contributed by atoms with Crippen molar-refractivity contribution in [2.24, 2.45) is 10.9 Å². The average molecular weight is 529 g/mol. The molecular formula is C27H27ClF2N4O3. The van der Waals surface area contributed by atoms with E-state index in [1.165, 1.54) is 4.57 Å². The molecule has 0 unspecified atom stereocenters. The molecule has 3 aromatic rings. The molecule has 0 saturated carbocycles. The number of halogens is 3. The van der Waals surface area contributed by atoms with Gasteiger partial charge in [-0.25, -0.2) is 13.8 Å². The van der Waals surface area contributed by atoms with Crippen molar-refractivity contribution in [1.29, 1.82) is 0 Å². The van der Waals surface area contributed by atoms with E-state index < -0.39 is 22.8 Å². The maximum absolute atomic E-state index is 13.9. The summed E-state index contributed by atoms with van der Waals surface area (Å²) < 4.78 is 34.1. The largest absolute Gasteiger partial charge is 0.485 e. The molecule has 7 nitrogen and oxygen atoms in total. The molecule has 0 saturated heterocycles. The highest BCUT2D eigenvalue weighted by Crippen LogP contribution is 2.29. The van der Waals surface area contributed by atoms with Crippen LogP contribution in [0.4, 0.5) is 8.78 Å². The van der Waals surface area contributed by atoms with Gasteiger partial charge in [0.25, 0.3) is 5.56 Å². The lowest BCUT2D eigenvalue weighted by atomic mass is 9.98. The van der Waals surface area contributed by atoms with Gasteiger partial charge in [-0.2, -0.15) is 0 Å². The molecular weight excluding hydrogens is 502 g/mol. The van der Waals surface area contributed by atoms with Crippen molar-refractivity contribution in [3.8, 4) is 5.75 Å². The van der Waals surface area contributed by atoms with E-state index >= 15 is 0 Å². The summed E-state index contributed by atoms with van der Waals surface area (Å²) in [5.74, 6) is -1.68. The second-order valence-corrected chi connectivity index (χ2v) is 9.97. The average Bonchev–Trinajstić information content (AvgIpc) is 2.82. The van der Waals surface area contributed by atoms with Crippen LogP contribution >= 0.6 is 11.6 Å². The van der Waals surface area contributed by atoms with Gasteiger partial charge in [0, 0.05) is 36.0 Å². The Kier molecular flexibility index (Phi) is 7.30. The van der Waals surface area contributed by atoms with E-state index in [1.807, 2.05) is 19.9 Å². The minimum atomic E-state index is -1.12. The van der Waals surface area contributed by atoms with Gasteiger partial charge in [0.05, 0.1) is 23.3 Å². The molecule has 0 fully saturated rings. The van der Waals surface area contributed by atoms with Crippen molar-refractivity contribution in [1.82, 2.24) is 14.5 Å². The lowest BCUT2D eigenvalue weighted by Crippen LogP contribution is -2.29. The molecule has 0 amide bonds. The molecule has 0 aliphatic carbocycles. The Morgan fingerprint density at radius 1 is 1.24 bits per heavy atom. The van der Waals surface area contributed by atoms with Crippen LogP contribution in [0, 0.1) is 31.4 Å². The van der Waals surface area contributed by atoms with E-state index in [0.717, 1.165) is 11.8 Å². The normalized spacial score (nSPS) is 15.9. The van der Waals surface area contributed by atoms with Crippen LogP contribution in [0.15, 0.2) is 46.3 Å². The van der Waals surface area contributed by atoms with Crippen molar-refractivity contribution >= 4 is 23.0 Å². The zero-order valence-corrected chi connectivity index (χ0v) is 21.9. The highest BCUT2D eigenvalue weighted by atomic mass is 35.5. The molecule has 0 bridgehead atoms. The van der Waals surface area contributed by atoms with Crippen LogP contribution in [0.5, 0.6) is 5.75 Å². The van der Waals surface area contributed by atoms with Crippen molar-refractivity contribution in [2.75, 3.05) is 6.54 Å². The zero-order chi connectivity index (χ0) is 27.1. The van der Waals surface area contributed by atoms with Crippen LogP contribution in [0.25, 0.3) is 5.70 Å². The Bertz CT molecular complexity index is 1490. The summed E-state index contributed by atoms with van der Waals surface area (Å²) in [6.45, 7) is 9.01. The van der Waals surface area contributed by atoms with Crippen molar-refractivity contribution in [3.05, 3.63) is 91.9 Å². The van der Waals surface area contributed by atoms with Gasteiger partial charge in [0.1, 0.15) is 34.5 Å². The molecule has 4 heterocycles. The second kappa shape index (κ2) is 10.1. The molecule has 0 radical (unpaired) electrons. The van der Waals surface area contributed by atoms with Crippen LogP contribution in [-0.2, 0) is 12.2 Å². The van der Waals surface area contributed by atoms with Gasteiger partial charge in [0.15, 0.2) is 5.82 Å². The van der Waals surface area contributed by atoms with Crippen molar-refractivity contribution < 1.29 is 18.6 Å². The van der Waals surface area contributed by atoms with Crippen LogP contribution in [0.3, 0.4) is 0 Å². The number of hydrogen-bond donors (Lipinski definition) is 1. The van der Waals surface area contributed by atoms with E-state index in [1.54, 1.807) is 39.0 Å². The number of dihydropyridines is 1. The summed E-state index contributed by atoms with van der Waals surface area (Å²) in [4.78, 5) is 26.4. The quantitative estimate of drug-likeness (QED) is 0.488. The number of aliphatic hydroxyl groups is 1. The van der Waals surface area contributed by atoms with Gasteiger partial charge < -0.3 is 9.84 Å². The molecule has 0 spiro atoms. The van der Waals surface area contributed by atoms with Crippen LogP contribution in [-0.4, -0.2) is 31.9 Å². The predicted molar refractivity (Wildman–Crippen MR) is 138 cm³/mol. The number of aryl methyl sites for hydroxylation is 2. The van der Waals surface area contributed by atoms with Gasteiger partial charge in [0.2, 0.25) is 0 Å². The standard InChI is InChI=1S/C27H27ClF2N4O3/c1-14-6-7-23(27(4,5)36)33-25(14)19-10-21(15(2)11-31-19)34-16(3)8-22(24(28)26(34)35)37-13-20-18(30)9-17(29)12-32-20/h6-10,12,15,36H,11,13H2,1-5H3/t15-/m1/s1. The van der Waals surface area contributed by atoms with Crippen LogP contribution < -0.4 is 10.3 Å². The topological polar surface area (TPSA) is 89.6 Å². The lowest BCUT2D eigenvalue weighted by Gasteiger charge is -2.25. The zero-order valence-electron chi connectivity index (χ0n) is 21.1. The number of pyridine rings is 3. The summed E-state index contributed by atoms with van der Waals surface area (Å²) in [6, 6.07) is 5.95. The maximum Gasteiger partial charge on any atom is 0.277 e. The van der Waals surface area contributed by atoms with E-state index in [0.29, 0.717) is 41.1 Å². The van der Waals surface area contributed by atoms with E-state index in [4.69, 9.17) is 16.3 Å². The molecule has 1 N–H and O–H groups in total. The molecule has 4 rings (SSSR count). The Balaban J connectivity index is 1.70. The Morgan fingerprint density at radius 2 is 1.97 bits per heavy atom. The molecule has 37 heavy (non-hydrogen) atoms. The number of rotatable bonds is 6. The number of ether oxygens (including phenoxy) is 1. The van der Waals surface area contributed by atoms with Gasteiger partial charge >= 0.3 is 0 Å². The Labute approximate surface area is 218 Å². The lowest BCUT2D eigenvalue weighted by molar-refractivity contribution is 0.0738. The first-order chi connectivity index (χ1) is 17.4. The second-order valence-electron chi connectivity index (χ2n) is 9.59. The molecule has 1 atom stereocenters. The fraction of sp³-hybridized carbons (Fsp3) is 0.333.